The van der Waals surface area contributed by atoms with Gasteiger partial charge in [0, 0.05) is 18.6 Å². The standard InChI is InChI=1S/C16H32N2/c1-4-9-17-15-7-6-13(3)11-16(15)18-10-8-14(5-2)12-18/h13-17H,4-12H2,1-3H3. The molecule has 0 spiro atoms. The van der Waals surface area contributed by atoms with Crippen LogP contribution in [0.1, 0.15) is 59.3 Å². The minimum atomic E-state index is 0.761. The number of hydrogen-bond acceptors (Lipinski definition) is 2. The highest BCUT2D eigenvalue weighted by molar-refractivity contribution is 4.93. The lowest BCUT2D eigenvalue weighted by molar-refractivity contribution is 0.119. The van der Waals surface area contributed by atoms with Crippen LogP contribution in [-0.2, 0) is 0 Å². The fourth-order valence-electron chi connectivity index (χ4n) is 3.82. The van der Waals surface area contributed by atoms with Gasteiger partial charge < -0.3 is 5.32 Å². The van der Waals surface area contributed by atoms with Crippen LogP contribution >= 0.6 is 0 Å². The number of rotatable bonds is 5. The Morgan fingerprint density at radius 2 is 2.00 bits per heavy atom. The summed E-state index contributed by atoms with van der Waals surface area (Å²) in [5.74, 6) is 1.89. The highest BCUT2D eigenvalue weighted by Crippen LogP contribution is 2.31. The molecule has 106 valence electrons. The molecule has 2 rings (SSSR count). The largest absolute Gasteiger partial charge is 0.312 e. The highest BCUT2D eigenvalue weighted by Gasteiger charge is 2.35. The SMILES string of the molecule is CCCNC1CCC(C)CC1N1CCC(CC)C1. The van der Waals surface area contributed by atoms with Gasteiger partial charge in [0.25, 0.3) is 0 Å². The third-order valence-electron chi connectivity index (χ3n) is 5.10. The monoisotopic (exact) mass is 252 g/mol. The summed E-state index contributed by atoms with van der Waals surface area (Å²) in [7, 11) is 0. The van der Waals surface area contributed by atoms with Gasteiger partial charge in [-0.05, 0) is 57.0 Å². The van der Waals surface area contributed by atoms with E-state index in [-0.39, 0.29) is 0 Å². The van der Waals surface area contributed by atoms with Gasteiger partial charge in [0.1, 0.15) is 0 Å². The summed E-state index contributed by atoms with van der Waals surface area (Å²) in [6.07, 6.45) is 8.28. The Kier molecular flexibility index (Phi) is 5.50. The molecule has 1 N–H and O–H groups in total. The molecule has 0 aromatic rings. The van der Waals surface area contributed by atoms with Crippen molar-refractivity contribution in [3.8, 4) is 0 Å². The van der Waals surface area contributed by atoms with Gasteiger partial charge in [-0.3, -0.25) is 4.90 Å². The number of nitrogens with one attached hydrogen (secondary N) is 1. The molecule has 0 radical (unpaired) electrons. The Hall–Kier alpha value is -0.0800. The molecule has 0 aromatic carbocycles. The first-order valence-corrected chi connectivity index (χ1v) is 8.22. The van der Waals surface area contributed by atoms with Crippen molar-refractivity contribution < 1.29 is 0 Å². The second kappa shape index (κ2) is 6.91. The Morgan fingerprint density at radius 3 is 2.67 bits per heavy atom. The van der Waals surface area contributed by atoms with Gasteiger partial charge in [-0.2, -0.15) is 0 Å². The van der Waals surface area contributed by atoms with Crippen molar-refractivity contribution in [1.82, 2.24) is 10.2 Å². The van der Waals surface area contributed by atoms with Crippen LogP contribution in [0.5, 0.6) is 0 Å². The van der Waals surface area contributed by atoms with Crippen molar-refractivity contribution in [2.45, 2.75) is 71.4 Å². The Bertz CT molecular complexity index is 237. The van der Waals surface area contributed by atoms with E-state index in [2.05, 4.69) is 31.0 Å². The van der Waals surface area contributed by atoms with Crippen LogP contribution in [-0.4, -0.2) is 36.6 Å². The van der Waals surface area contributed by atoms with Crippen LogP contribution in [0.2, 0.25) is 0 Å². The Labute approximate surface area is 114 Å². The van der Waals surface area contributed by atoms with E-state index in [1.165, 1.54) is 58.2 Å². The van der Waals surface area contributed by atoms with Crippen LogP contribution in [0.15, 0.2) is 0 Å². The van der Waals surface area contributed by atoms with Gasteiger partial charge in [0.05, 0.1) is 0 Å². The zero-order chi connectivity index (χ0) is 13.0. The van der Waals surface area contributed by atoms with Gasteiger partial charge in [-0.1, -0.05) is 27.2 Å². The van der Waals surface area contributed by atoms with Gasteiger partial charge in [0.15, 0.2) is 0 Å². The Morgan fingerprint density at radius 1 is 1.17 bits per heavy atom. The molecule has 2 nitrogen and oxygen atoms in total. The van der Waals surface area contributed by atoms with Crippen LogP contribution < -0.4 is 5.32 Å². The van der Waals surface area contributed by atoms with Crippen molar-refractivity contribution in [3.05, 3.63) is 0 Å². The lowest BCUT2D eigenvalue weighted by Gasteiger charge is -2.41. The third kappa shape index (κ3) is 3.48. The predicted octanol–water partition coefficient (Wildman–Crippen LogP) is 3.28. The van der Waals surface area contributed by atoms with Gasteiger partial charge in [-0.15, -0.1) is 0 Å². The molecule has 2 fully saturated rings. The first-order valence-electron chi connectivity index (χ1n) is 8.22. The average Bonchev–Trinajstić information content (AvgIpc) is 2.86. The number of hydrogen-bond donors (Lipinski definition) is 1. The van der Waals surface area contributed by atoms with Crippen molar-refractivity contribution in [3.63, 3.8) is 0 Å². The van der Waals surface area contributed by atoms with Crippen LogP contribution in [0.3, 0.4) is 0 Å². The van der Waals surface area contributed by atoms with E-state index in [1.54, 1.807) is 0 Å². The molecular weight excluding hydrogens is 220 g/mol. The predicted molar refractivity (Wildman–Crippen MR) is 78.9 cm³/mol. The molecule has 2 aliphatic rings. The molecule has 1 saturated heterocycles. The highest BCUT2D eigenvalue weighted by atomic mass is 15.2. The summed E-state index contributed by atoms with van der Waals surface area (Å²) in [4.78, 5) is 2.80. The van der Waals surface area contributed by atoms with Crippen molar-refractivity contribution >= 4 is 0 Å². The molecule has 1 aliphatic heterocycles. The average molecular weight is 252 g/mol. The molecule has 4 unspecified atom stereocenters. The van der Waals surface area contributed by atoms with Crippen LogP contribution in [0, 0.1) is 11.8 Å². The van der Waals surface area contributed by atoms with Crippen molar-refractivity contribution in [2.24, 2.45) is 11.8 Å². The lowest BCUT2D eigenvalue weighted by atomic mass is 9.82. The fourth-order valence-corrected chi connectivity index (χ4v) is 3.82. The third-order valence-corrected chi connectivity index (χ3v) is 5.10. The minimum Gasteiger partial charge on any atom is -0.312 e. The maximum absolute atomic E-state index is 3.81. The summed E-state index contributed by atoms with van der Waals surface area (Å²) in [6, 6.07) is 1.58. The number of nitrogens with zero attached hydrogens (tertiary/aromatic N) is 1. The van der Waals surface area contributed by atoms with E-state index in [0.29, 0.717) is 0 Å². The van der Waals surface area contributed by atoms with E-state index in [0.717, 1.165) is 23.9 Å². The molecule has 0 amide bonds. The lowest BCUT2D eigenvalue weighted by Crippen LogP contribution is -2.52. The molecule has 18 heavy (non-hydrogen) atoms. The molecule has 4 atom stereocenters. The quantitative estimate of drug-likeness (QED) is 0.808. The smallest absolute Gasteiger partial charge is 0.0251 e. The maximum Gasteiger partial charge on any atom is 0.0251 e. The summed E-state index contributed by atoms with van der Waals surface area (Å²) in [5, 5.41) is 3.81. The summed E-state index contributed by atoms with van der Waals surface area (Å²) < 4.78 is 0. The van der Waals surface area contributed by atoms with E-state index in [4.69, 9.17) is 0 Å². The molecule has 1 heterocycles. The van der Waals surface area contributed by atoms with Crippen molar-refractivity contribution in [1.29, 1.82) is 0 Å². The van der Waals surface area contributed by atoms with E-state index in [9.17, 15) is 0 Å². The summed E-state index contributed by atoms with van der Waals surface area (Å²) in [5.41, 5.74) is 0. The van der Waals surface area contributed by atoms with Gasteiger partial charge in [-0.25, -0.2) is 0 Å². The van der Waals surface area contributed by atoms with Crippen molar-refractivity contribution in [2.75, 3.05) is 19.6 Å². The van der Waals surface area contributed by atoms with E-state index >= 15 is 0 Å². The molecule has 2 heteroatoms. The van der Waals surface area contributed by atoms with Gasteiger partial charge >= 0.3 is 0 Å². The Balaban J connectivity index is 1.92. The fraction of sp³-hybridized carbons (Fsp3) is 1.00. The maximum atomic E-state index is 3.81. The first-order chi connectivity index (χ1) is 8.74. The molecule has 1 aliphatic carbocycles. The van der Waals surface area contributed by atoms with E-state index < -0.39 is 0 Å². The number of likely N-dealkylation sites (tertiary alicyclic amines) is 1. The molecule has 1 saturated carbocycles. The van der Waals surface area contributed by atoms with Crippen LogP contribution in [0.4, 0.5) is 0 Å². The zero-order valence-electron chi connectivity index (χ0n) is 12.6. The molecule has 0 aromatic heterocycles. The molecule has 0 bridgehead atoms. The van der Waals surface area contributed by atoms with E-state index in [1.807, 2.05) is 0 Å². The minimum absolute atomic E-state index is 0.761. The summed E-state index contributed by atoms with van der Waals surface area (Å²) in [6.45, 7) is 11.0. The second-order valence-electron chi connectivity index (χ2n) is 6.60. The second-order valence-corrected chi connectivity index (χ2v) is 6.60. The molecular formula is C16H32N2. The normalized spacial score (nSPS) is 38.2. The summed E-state index contributed by atoms with van der Waals surface area (Å²) >= 11 is 0. The first kappa shape index (κ1) is 14.3. The van der Waals surface area contributed by atoms with Crippen LogP contribution in [0.25, 0.3) is 0 Å². The van der Waals surface area contributed by atoms with Gasteiger partial charge in [0.2, 0.25) is 0 Å². The topological polar surface area (TPSA) is 15.3 Å². The zero-order valence-corrected chi connectivity index (χ0v) is 12.6.